The van der Waals surface area contributed by atoms with Gasteiger partial charge in [-0.25, -0.2) is 13.2 Å². The quantitative estimate of drug-likeness (QED) is 0.617. The number of halogens is 4. The summed E-state index contributed by atoms with van der Waals surface area (Å²) in [6.07, 6.45) is -1.09. The van der Waals surface area contributed by atoms with Crippen LogP contribution in [0.2, 0.25) is 0 Å². The Morgan fingerprint density at radius 3 is 2.29 bits per heavy atom. The molecule has 0 saturated carbocycles. The van der Waals surface area contributed by atoms with Crippen molar-refractivity contribution in [3.63, 3.8) is 0 Å². The van der Waals surface area contributed by atoms with E-state index in [0.29, 0.717) is 6.07 Å². The van der Waals surface area contributed by atoms with E-state index in [2.05, 4.69) is 0 Å². The highest BCUT2D eigenvalue weighted by molar-refractivity contribution is 6.18. The average molecular weight is 225 g/mol. The van der Waals surface area contributed by atoms with E-state index in [4.69, 9.17) is 16.7 Å². The second kappa shape index (κ2) is 4.66. The van der Waals surface area contributed by atoms with E-state index < -0.39 is 23.6 Å². The molecule has 0 fully saturated rings. The van der Waals surface area contributed by atoms with E-state index in [0.717, 1.165) is 6.07 Å². The molecule has 78 valence electrons. The van der Waals surface area contributed by atoms with Crippen molar-refractivity contribution in [2.24, 2.45) is 0 Å². The Morgan fingerprint density at radius 1 is 1.14 bits per heavy atom. The summed E-state index contributed by atoms with van der Waals surface area (Å²) in [5.41, 5.74) is -0.0861. The molecule has 1 nitrogen and oxygen atoms in total. The van der Waals surface area contributed by atoms with Crippen molar-refractivity contribution in [3.8, 4) is 0 Å². The van der Waals surface area contributed by atoms with Crippen LogP contribution in [-0.4, -0.2) is 17.1 Å². The van der Waals surface area contributed by atoms with E-state index in [1.807, 2.05) is 0 Å². The molecular weight excluding hydrogens is 217 g/mol. The first kappa shape index (κ1) is 11.3. The average Bonchev–Trinajstić information content (AvgIpc) is 2.14. The van der Waals surface area contributed by atoms with Crippen molar-refractivity contribution in [3.05, 3.63) is 35.1 Å². The molecule has 1 rings (SSSR count). The van der Waals surface area contributed by atoms with E-state index in [-0.39, 0.29) is 17.9 Å². The Bertz CT molecular complexity index is 330. The van der Waals surface area contributed by atoms with Crippen LogP contribution in [0.1, 0.15) is 5.56 Å². The Hall–Kier alpha value is -0.740. The molecule has 0 aliphatic heterocycles. The number of alkyl halides is 1. The van der Waals surface area contributed by atoms with Crippen molar-refractivity contribution in [1.82, 2.24) is 0 Å². The zero-order chi connectivity index (χ0) is 10.7. The second-order valence-corrected chi connectivity index (χ2v) is 3.18. The third-order valence-electron chi connectivity index (χ3n) is 1.72. The lowest BCUT2D eigenvalue weighted by molar-refractivity contribution is 0.197. The van der Waals surface area contributed by atoms with Gasteiger partial charge in [-0.15, -0.1) is 11.6 Å². The summed E-state index contributed by atoms with van der Waals surface area (Å²) in [6.45, 7) is 0. The van der Waals surface area contributed by atoms with E-state index >= 15 is 0 Å². The van der Waals surface area contributed by atoms with Gasteiger partial charge in [0.05, 0.1) is 6.10 Å². The topological polar surface area (TPSA) is 20.2 Å². The maximum absolute atomic E-state index is 13.0. The lowest BCUT2D eigenvalue weighted by atomic mass is 10.1. The number of aliphatic hydroxyl groups is 1. The lowest BCUT2D eigenvalue weighted by Crippen LogP contribution is -2.13. The van der Waals surface area contributed by atoms with Crippen LogP contribution in [0.4, 0.5) is 13.2 Å². The smallest absolute Gasteiger partial charge is 0.161 e. The normalized spacial score (nSPS) is 12.9. The third-order valence-corrected chi connectivity index (χ3v) is 2.08. The number of benzene rings is 1. The van der Waals surface area contributed by atoms with Gasteiger partial charge in [0.15, 0.2) is 11.6 Å². The summed E-state index contributed by atoms with van der Waals surface area (Å²) in [6, 6.07) is 1.17. The van der Waals surface area contributed by atoms with Gasteiger partial charge >= 0.3 is 0 Å². The minimum absolute atomic E-state index is 0.0849. The number of rotatable bonds is 3. The zero-order valence-electron chi connectivity index (χ0n) is 7.11. The van der Waals surface area contributed by atoms with Crippen molar-refractivity contribution >= 4 is 11.6 Å². The molecule has 5 heteroatoms. The molecule has 0 bridgehead atoms. The van der Waals surface area contributed by atoms with Crippen molar-refractivity contribution in [2.45, 2.75) is 12.5 Å². The van der Waals surface area contributed by atoms with Crippen LogP contribution in [0.5, 0.6) is 0 Å². The molecule has 0 aliphatic carbocycles. The molecule has 1 N–H and O–H groups in total. The van der Waals surface area contributed by atoms with Crippen molar-refractivity contribution in [1.29, 1.82) is 0 Å². The van der Waals surface area contributed by atoms with Gasteiger partial charge < -0.3 is 5.11 Å². The SMILES string of the molecule is OC(CCl)Cc1cc(F)c(F)cc1F. The number of aliphatic hydroxyl groups excluding tert-OH is 1. The van der Waals surface area contributed by atoms with Crippen LogP contribution in [0.25, 0.3) is 0 Å². The second-order valence-electron chi connectivity index (χ2n) is 2.87. The molecule has 1 atom stereocenters. The fourth-order valence-corrected chi connectivity index (χ4v) is 1.14. The molecule has 0 aromatic heterocycles. The fraction of sp³-hybridized carbons (Fsp3) is 0.333. The molecule has 0 aliphatic rings. The Labute approximate surface area is 84.1 Å². The van der Waals surface area contributed by atoms with E-state index in [9.17, 15) is 13.2 Å². The molecule has 1 aromatic rings. The van der Waals surface area contributed by atoms with E-state index in [1.54, 1.807) is 0 Å². The molecular formula is C9H8ClF3O. The van der Waals surface area contributed by atoms with Crippen LogP contribution in [0.3, 0.4) is 0 Å². The summed E-state index contributed by atoms with van der Waals surface area (Å²) < 4.78 is 38.1. The molecule has 0 amide bonds. The lowest BCUT2D eigenvalue weighted by Gasteiger charge is -2.07. The van der Waals surface area contributed by atoms with Gasteiger partial charge in [0, 0.05) is 18.4 Å². The predicted octanol–water partition coefficient (Wildman–Crippen LogP) is 2.25. The van der Waals surface area contributed by atoms with Gasteiger partial charge in [-0.2, -0.15) is 0 Å². The number of hydrogen-bond acceptors (Lipinski definition) is 1. The zero-order valence-corrected chi connectivity index (χ0v) is 7.86. The Balaban J connectivity index is 2.92. The fourth-order valence-electron chi connectivity index (χ4n) is 1.03. The first-order chi connectivity index (χ1) is 6.54. The van der Waals surface area contributed by atoms with Crippen LogP contribution in [0.15, 0.2) is 12.1 Å². The van der Waals surface area contributed by atoms with Crippen LogP contribution in [-0.2, 0) is 6.42 Å². The van der Waals surface area contributed by atoms with E-state index in [1.165, 1.54) is 0 Å². The highest BCUT2D eigenvalue weighted by Gasteiger charge is 2.12. The highest BCUT2D eigenvalue weighted by Crippen LogP contribution is 2.15. The molecule has 14 heavy (non-hydrogen) atoms. The third kappa shape index (κ3) is 2.62. The monoisotopic (exact) mass is 224 g/mol. The van der Waals surface area contributed by atoms with Crippen LogP contribution >= 0.6 is 11.6 Å². The summed E-state index contributed by atoms with van der Waals surface area (Å²) in [5, 5.41) is 9.08. The maximum Gasteiger partial charge on any atom is 0.161 e. The predicted molar refractivity (Wildman–Crippen MR) is 46.7 cm³/mol. The summed E-state index contributed by atoms with van der Waals surface area (Å²) >= 11 is 5.29. The summed E-state index contributed by atoms with van der Waals surface area (Å²) in [5.74, 6) is -3.35. The minimum Gasteiger partial charge on any atom is -0.392 e. The van der Waals surface area contributed by atoms with Crippen molar-refractivity contribution < 1.29 is 18.3 Å². The van der Waals surface area contributed by atoms with Gasteiger partial charge in [0.2, 0.25) is 0 Å². The molecule has 0 saturated heterocycles. The first-order valence-corrected chi connectivity index (χ1v) is 4.45. The highest BCUT2D eigenvalue weighted by atomic mass is 35.5. The Kier molecular flexibility index (Phi) is 3.77. The molecule has 0 spiro atoms. The minimum atomic E-state index is -1.24. The molecule has 0 radical (unpaired) electrons. The molecule has 1 unspecified atom stereocenters. The summed E-state index contributed by atoms with van der Waals surface area (Å²) in [7, 11) is 0. The standard InChI is InChI=1S/C9H8ClF3O/c10-4-6(14)1-5-2-8(12)9(13)3-7(5)11/h2-3,6,14H,1,4H2. The van der Waals surface area contributed by atoms with Gasteiger partial charge in [-0.05, 0) is 11.6 Å². The first-order valence-electron chi connectivity index (χ1n) is 3.92. The molecule has 1 aromatic carbocycles. The van der Waals surface area contributed by atoms with Crippen molar-refractivity contribution in [2.75, 3.05) is 5.88 Å². The van der Waals surface area contributed by atoms with Gasteiger partial charge in [0.25, 0.3) is 0 Å². The maximum atomic E-state index is 13.0. The largest absolute Gasteiger partial charge is 0.392 e. The van der Waals surface area contributed by atoms with Crippen LogP contribution < -0.4 is 0 Å². The van der Waals surface area contributed by atoms with Crippen LogP contribution in [0, 0.1) is 17.5 Å². The van der Waals surface area contributed by atoms with Gasteiger partial charge in [0.1, 0.15) is 5.82 Å². The summed E-state index contributed by atoms with van der Waals surface area (Å²) in [4.78, 5) is 0. The Morgan fingerprint density at radius 2 is 1.71 bits per heavy atom. The molecule has 0 heterocycles. The number of hydrogen-bond donors (Lipinski definition) is 1. The van der Waals surface area contributed by atoms with Gasteiger partial charge in [-0.3, -0.25) is 0 Å². The van der Waals surface area contributed by atoms with Gasteiger partial charge in [-0.1, -0.05) is 0 Å².